The molecule has 11 N–H and O–H groups in total. The van der Waals surface area contributed by atoms with Crippen molar-refractivity contribution in [2.75, 3.05) is 24.7 Å². The Labute approximate surface area is 269 Å². The van der Waals surface area contributed by atoms with Crippen molar-refractivity contribution >= 4 is 42.0 Å². The summed E-state index contributed by atoms with van der Waals surface area (Å²) in [6.07, 6.45) is -6.36. The Hall–Kier alpha value is -4.07. The van der Waals surface area contributed by atoms with Crippen molar-refractivity contribution in [2.24, 2.45) is 0 Å². The SMILES string of the molecule is C.C[C@]1(F)[C@H](n2cnc3c(=O)[nH]c(N)nc32)O[C@](F)(CO)[C@H]1O.C[C@]1(F)[C@H](n2cnc3c(=O)[nH]c(N)nc32)O[C@](F)(COP(=O)(O)O)[C@H]1O. The molecule has 2 fully saturated rings. The molecule has 4 aromatic rings. The zero-order chi connectivity index (χ0) is 35.8. The van der Waals surface area contributed by atoms with Crippen LogP contribution in [-0.4, -0.2) is 113 Å². The number of aromatic amines is 2. The number of nitrogen functional groups attached to an aromatic ring is 2. The van der Waals surface area contributed by atoms with E-state index in [-0.39, 0.29) is 41.7 Å². The number of rotatable bonds is 6. The van der Waals surface area contributed by atoms with Crippen molar-refractivity contribution in [3.63, 3.8) is 0 Å². The van der Waals surface area contributed by atoms with Crippen LogP contribution in [-0.2, 0) is 18.6 Å². The smallest absolute Gasteiger partial charge is 0.390 e. The van der Waals surface area contributed by atoms with E-state index >= 15 is 4.39 Å². The minimum absolute atomic E-state index is 0. The predicted octanol–water partition coefficient (Wildman–Crippen LogP) is -1.29. The monoisotopic (exact) mass is 730 g/mol. The molecular weight excluding hydrogens is 699 g/mol. The van der Waals surface area contributed by atoms with Gasteiger partial charge in [-0.25, -0.2) is 32.1 Å². The maximum absolute atomic E-state index is 15.0. The molecule has 0 aliphatic carbocycles. The number of H-pyrrole nitrogens is 2. The molecule has 2 aliphatic heterocycles. The summed E-state index contributed by atoms with van der Waals surface area (Å²) in [5.41, 5.74) is 3.27. The number of phosphoric ester groups is 1. The molecule has 26 heteroatoms. The molecule has 0 aromatic carbocycles. The van der Waals surface area contributed by atoms with Crippen molar-refractivity contribution in [2.45, 2.75) is 69.0 Å². The minimum Gasteiger partial charge on any atom is -0.390 e. The van der Waals surface area contributed by atoms with E-state index in [1.165, 1.54) is 0 Å². The van der Waals surface area contributed by atoms with E-state index in [0.717, 1.165) is 35.6 Å². The molecule has 0 bridgehead atoms. The summed E-state index contributed by atoms with van der Waals surface area (Å²) in [4.78, 5) is 60.3. The molecule has 8 atom stereocenters. The van der Waals surface area contributed by atoms with Gasteiger partial charge in [-0.15, -0.1) is 0 Å². The van der Waals surface area contributed by atoms with Crippen LogP contribution in [0.3, 0.4) is 0 Å². The van der Waals surface area contributed by atoms with Gasteiger partial charge in [-0.3, -0.25) is 33.2 Å². The van der Waals surface area contributed by atoms with Gasteiger partial charge >= 0.3 is 7.82 Å². The number of nitrogens with two attached hydrogens (primary N) is 2. The number of nitrogens with one attached hydrogen (secondary N) is 2. The summed E-state index contributed by atoms with van der Waals surface area (Å²) < 4.78 is 85.0. The van der Waals surface area contributed by atoms with Crippen molar-refractivity contribution in [3.05, 3.63) is 33.4 Å². The Morgan fingerprint density at radius 1 is 0.878 bits per heavy atom. The van der Waals surface area contributed by atoms with Gasteiger partial charge in [-0.2, -0.15) is 9.97 Å². The van der Waals surface area contributed by atoms with E-state index in [1.54, 1.807) is 0 Å². The highest BCUT2D eigenvalue weighted by Crippen LogP contribution is 2.50. The first-order valence-electron chi connectivity index (χ1n) is 13.3. The highest BCUT2D eigenvalue weighted by molar-refractivity contribution is 7.46. The van der Waals surface area contributed by atoms with Crippen molar-refractivity contribution in [1.29, 1.82) is 0 Å². The molecule has 21 nitrogen and oxygen atoms in total. The minimum atomic E-state index is -5.11. The van der Waals surface area contributed by atoms with Crippen LogP contribution in [0.1, 0.15) is 33.7 Å². The predicted molar refractivity (Wildman–Crippen MR) is 156 cm³/mol. The van der Waals surface area contributed by atoms with Gasteiger partial charge in [0.25, 0.3) is 22.8 Å². The lowest BCUT2D eigenvalue weighted by atomic mass is 9.97. The number of halogens is 4. The number of alkyl halides is 4. The average Bonchev–Trinajstić information content (AvgIpc) is 3.68. The topological polar surface area (TPSA) is 325 Å². The lowest BCUT2D eigenvalue weighted by Gasteiger charge is -2.25. The Kier molecular flexibility index (Phi) is 9.52. The number of phosphoric acid groups is 1. The van der Waals surface area contributed by atoms with Crippen molar-refractivity contribution in [3.8, 4) is 0 Å². The van der Waals surface area contributed by atoms with Gasteiger partial charge in [-0.1, -0.05) is 7.43 Å². The van der Waals surface area contributed by atoms with Crippen LogP contribution in [0.15, 0.2) is 22.2 Å². The number of nitrogens with zero attached hydrogens (tertiary/aromatic N) is 6. The molecule has 0 spiro atoms. The first-order chi connectivity index (χ1) is 22.1. The molecule has 49 heavy (non-hydrogen) atoms. The third-order valence-electron chi connectivity index (χ3n) is 7.52. The van der Waals surface area contributed by atoms with Gasteiger partial charge in [-0.05, 0) is 13.8 Å². The fourth-order valence-electron chi connectivity index (χ4n) is 5.14. The standard InChI is InChI=1S/C11H14F2N5O7P.C11H13F2N5O4.CH4/c1-10(12)7(20)11(13,2-24-26(21,22)23)25-8(10)18-3-15-4-5(18)16-9(14)17-6(4)19;1-10(12)7(21)11(13,2-19)22-8(10)18-3-15-4-5(18)16-9(14)17-6(4)20;/h3,7-8,20H,2H2,1H3,(H2,21,22,23)(H3,14,16,17,19);3,7-8,19,21H,2H2,1H3,(H3,14,16,17,20);1H4/t2*7-,8+,10+,11+;/m00./s1. The van der Waals surface area contributed by atoms with E-state index in [2.05, 4.69) is 34.4 Å². The quantitative estimate of drug-likeness (QED) is 0.0823. The second-order valence-electron chi connectivity index (χ2n) is 11.1. The summed E-state index contributed by atoms with van der Waals surface area (Å²) in [6.45, 7) is -0.991. The van der Waals surface area contributed by atoms with Crippen LogP contribution in [0, 0.1) is 0 Å². The molecule has 2 aliphatic rings. The summed E-state index contributed by atoms with van der Waals surface area (Å²) in [6, 6.07) is 0. The van der Waals surface area contributed by atoms with Crippen LogP contribution >= 0.6 is 7.82 Å². The summed E-state index contributed by atoms with van der Waals surface area (Å²) in [7, 11) is -5.11. The lowest BCUT2D eigenvalue weighted by Crippen LogP contribution is -2.46. The van der Waals surface area contributed by atoms with E-state index in [0.29, 0.717) is 0 Å². The van der Waals surface area contributed by atoms with E-state index in [4.69, 9.17) is 35.8 Å². The summed E-state index contributed by atoms with van der Waals surface area (Å²) in [5.74, 6) is -6.84. The Balaban J connectivity index is 0.000000219. The van der Waals surface area contributed by atoms with Gasteiger partial charge in [0.1, 0.15) is 13.2 Å². The molecule has 0 saturated carbocycles. The number of aromatic nitrogens is 8. The lowest BCUT2D eigenvalue weighted by molar-refractivity contribution is -0.206. The number of aliphatic hydroxyl groups is 3. The van der Waals surface area contributed by atoms with Crippen LogP contribution in [0.2, 0.25) is 0 Å². The van der Waals surface area contributed by atoms with Crippen LogP contribution < -0.4 is 22.6 Å². The molecule has 0 amide bonds. The zero-order valence-electron chi connectivity index (χ0n) is 24.4. The maximum atomic E-state index is 15.0. The average molecular weight is 731 g/mol. The number of hydrogen-bond donors (Lipinski definition) is 9. The molecule has 0 radical (unpaired) electrons. The largest absolute Gasteiger partial charge is 0.469 e. The number of hydrogen-bond acceptors (Lipinski definition) is 15. The summed E-state index contributed by atoms with van der Waals surface area (Å²) in [5, 5.41) is 28.7. The van der Waals surface area contributed by atoms with Gasteiger partial charge in [0.05, 0.1) is 12.7 Å². The highest BCUT2D eigenvalue weighted by atomic mass is 31.2. The molecule has 272 valence electrons. The van der Waals surface area contributed by atoms with E-state index < -0.39 is 79.9 Å². The number of fused-ring (bicyclic) bond motifs is 2. The van der Waals surface area contributed by atoms with E-state index in [9.17, 15) is 37.5 Å². The molecule has 6 heterocycles. The Morgan fingerprint density at radius 3 is 1.63 bits per heavy atom. The van der Waals surface area contributed by atoms with Gasteiger partial charge in [0.2, 0.25) is 11.9 Å². The van der Waals surface area contributed by atoms with Crippen molar-refractivity contribution in [1.82, 2.24) is 39.0 Å². The third kappa shape index (κ3) is 6.39. The number of ether oxygens (including phenoxy) is 2. The van der Waals surface area contributed by atoms with Gasteiger partial charge < -0.3 is 46.0 Å². The Morgan fingerprint density at radius 2 is 1.27 bits per heavy atom. The molecule has 2 saturated heterocycles. The second-order valence-corrected chi connectivity index (χ2v) is 12.3. The number of imidazole rings is 2. The molecule has 6 rings (SSSR count). The first kappa shape index (κ1) is 37.7. The highest BCUT2D eigenvalue weighted by Gasteiger charge is 2.66. The van der Waals surface area contributed by atoms with Crippen LogP contribution in [0.25, 0.3) is 22.3 Å². The second kappa shape index (κ2) is 12.4. The van der Waals surface area contributed by atoms with E-state index in [1.807, 2.05) is 0 Å². The van der Waals surface area contributed by atoms with Gasteiger partial charge in [0.15, 0.2) is 58.3 Å². The maximum Gasteiger partial charge on any atom is 0.469 e. The third-order valence-corrected chi connectivity index (χ3v) is 7.98. The molecule has 4 aromatic heterocycles. The fourth-order valence-corrected chi connectivity index (χ4v) is 5.48. The first-order valence-corrected chi connectivity index (χ1v) is 14.8. The van der Waals surface area contributed by atoms with Gasteiger partial charge in [0, 0.05) is 0 Å². The fraction of sp³-hybridized carbons (Fsp3) is 0.565. The summed E-state index contributed by atoms with van der Waals surface area (Å²) >= 11 is 0. The molecule has 0 unspecified atom stereocenters. The number of anilines is 2. The molecular formula is C23H31F4N10O11P. The zero-order valence-corrected chi connectivity index (χ0v) is 25.3. The Bertz CT molecular complexity index is 2040. The van der Waals surface area contributed by atoms with Crippen LogP contribution in [0.4, 0.5) is 29.5 Å². The van der Waals surface area contributed by atoms with Crippen molar-refractivity contribution < 1.29 is 61.2 Å². The number of aliphatic hydroxyl groups excluding tert-OH is 3. The normalized spacial score (nSPS) is 33.0. The van der Waals surface area contributed by atoms with Crippen LogP contribution in [0.5, 0.6) is 0 Å².